The third-order valence-corrected chi connectivity index (χ3v) is 6.27. The largest absolute Gasteiger partial charge is 0.508 e. The predicted molar refractivity (Wildman–Crippen MR) is 161 cm³/mol. The minimum absolute atomic E-state index is 0.00166. The van der Waals surface area contributed by atoms with Crippen LogP contribution in [0.1, 0.15) is 33.3 Å². The summed E-state index contributed by atoms with van der Waals surface area (Å²) >= 11 is 0. The van der Waals surface area contributed by atoms with Crippen LogP contribution in [0.2, 0.25) is 0 Å². The van der Waals surface area contributed by atoms with Gasteiger partial charge in [-0.1, -0.05) is 26.0 Å². The molecule has 0 fully saturated rings. The molecule has 0 aromatic heterocycles. The number of carboxylic acid groups (broad SMARTS) is 1. The van der Waals surface area contributed by atoms with Gasteiger partial charge in [0.05, 0.1) is 26.2 Å². The Morgan fingerprint density at radius 3 is 1.54 bits per heavy atom. The second kappa shape index (κ2) is 19.2. The van der Waals surface area contributed by atoms with Crippen molar-refractivity contribution in [3.05, 3.63) is 29.8 Å². The topological polar surface area (TPSA) is 287 Å². The molecular formula is C28H42N8O10. The van der Waals surface area contributed by atoms with Gasteiger partial charge in [0.25, 0.3) is 0 Å². The summed E-state index contributed by atoms with van der Waals surface area (Å²) in [6.07, 6.45) is -0.0691. The van der Waals surface area contributed by atoms with E-state index in [9.17, 15) is 48.6 Å². The Bertz CT molecular complexity index is 1270. The molecule has 18 heteroatoms. The molecule has 0 heterocycles. The summed E-state index contributed by atoms with van der Waals surface area (Å²) in [5.74, 6) is -6.66. The normalized spacial score (nSPS) is 13.2. The number of benzene rings is 1. The Balaban J connectivity index is 2.52. The molecule has 0 aliphatic heterocycles. The molecule has 4 atom stereocenters. The van der Waals surface area contributed by atoms with Crippen LogP contribution in [0.4, 0.5) is 0 Å². The van der Waals surface area contributed by atoms with Crippen molar-refractivity contribution in [2.45, 2.75) is 58.3 Å². The van der Waals surface area contributed by atoms with E-state index in [0.29, 0.717) is 5.56 Å². The molecule has 0 aliphatic carbocycles. The molecule has 1 aromatic carbocycles. The first-order valence-corrected chi connectivity index (χ1v) is 14.2. The molecule has 0 aliphatic rings. The quantitative estimate of drug-likeness (QED) is 0.0730. The highest BCUT2D eigenvalue weighted by Gasteiger charge is 2.26. The zero-order chi connectivity index (χ0) is 35.0. The second-order valence-electron chi connectivity index (χ2n) is 10.6. The van der Waals surface area contributed by atoms with E-state index in [-0.39, 0.29) is 18.7 Å². The number of phenols is 1. The molecule has 1 aromatic rings. The fourth-order valence-corrected chi connectivity index (χ4v) is 3.71. The van der Waals surface area contributed by atoms with E-state index in [0.717, 1.165) is 0 Å². The van der Waals surface area contributed by atoms with E-state index in [1.54, 1.807) is 13.8 Å². The van der Waals surface area contributed by atoms with Crippen molar-refractivity contribution in [3.8, 4) is 5.75 Å². The SMILES string of the molecule is CC(C)[C@H](NC(=O)CNC(=O)[C@H](C)NC(=O)CNC(=O)[C@H](C)NC(=O)CN)C(=O)NCC(=O)N[C@@H](Cc1ccc(O)cc1)C(=O)O. The van der Waals surface area contributed by atoms with Crippen LogP contribution in [0.3, 0.4) is 0 Å². The van der Waals surface area contributed by atoms with E-state index in [1.165, 1.54) is 38.1 Å². The Hall–Kier alpha value is -5.26. The van der Waals surface area contributed by atoms with E-state index in [2.05, 4.69) is 37.2 Å². The average Bonchev–Trinajstić information content (AvgIpc) is 3.00. The Morgan fingerprint density at radius 1 is 0.652 bits per heavy atom. The highest BCUT2D eigenvalue weighted by molar-refractivity contribution is 5.95. The van der Waals surface area contributed by atoms with Crippen LogP contribution in [-0.2, 0) is 44.8 Å². The van der Waals surface area contributed by atoms with Crippen LogP contribution in [0.15, 0.2) is 24.3 Å². The number of nitrogens with two attached hydrogens (primary N) is 1. The summed E-state index contributed by atoms with van der Waals surface area (Å²) < 4.78 is 0. The summed E-state index contributed by atoms with van der Waals surface area (Å²) in [6, 6.07) is 1.32. The van der Waals surface area contributed by atoms with Crippen LogP contribution in [0, 0.1) is 5.92 Å². The summed E-state index contributed by atoms with van der Waals surface area (Å²) in [5, 5.41) is 35.2. The van der Waals surface area contributed by atoms with Crippen molar-refractivity contribution in [2.24, 2.45) is 11.7 Å². The zero-order valence-electron chi connectivity index (χ0n) is 26.0. The lowest BCUT2D eigenvalue weighted by atomic mass is 10.0. The lowest BCUT2D eigenvalue weighted by Crippen LogP contribution is -2.55. The van der Waals surface area contributed by atoms with Gasteiger partial charge < -0.3 is 53.2 Å². The fraction of sp³-hybridized carbons (Fsp3) is 0.500. The monoisotopic (exact) mass is 650 g/mol. The van der Waals surface area contributed by atoms with Crippen molar-refractivity contribution in [1.82, 2.24) is 37.2 Å². The molecule has 11 N–H and O–H groups in total. The van der Waals surface area contributed by atoms with Gasteiger partial charge in [-0.2, -0.15) is 0 Å². The second-order valence-corrected chi connectivity index (χ2v) is 10.6. The Labute approximate surface area is 265 Å². The highest BCUT2D eigenvalue weighted by atomic mass is 16.4. The van der Waals surface area contributed by atoms with Crippen molar-refractivity contribution < 1.29 is 48.6 Å². The van der Waals surface area contributed by atoms with Crippen LogP contribution in [0.5, 0.6) is 5.75 Å². The van der Waals surface area contributed by atoms with Crippen molar-refractivity contribution in [3.63, 3.8) is 0 Å². The van der Waals surface area contributed by atoms with Gasteiger partial charge in [0.2, 0.25) is 41.4 Å². The first kappa shape index (κ1) is 38.8. The molecule has 0 radical (unpaired) electrons. The van der Waals surface area contributed by atoms with Crippen LogP contribution >= 0.6 is 0 Å². The Morgan fingerprint density at radius 2 is 1.09 bits per heavy atom. The number of aromatic hydroxyl groups is 1. The molecule has 0 unspecified atom stereocenters. The number of hydrogen-bond donors (Lipinski definition) is 10. The third kappa shape index (κ3) is 14.5. The summed E-state index contributed by atoms with van der Waals surface area (Å²) in [5.41, 5.74) is 5.71. The molecule has 0 saturated heterocycles. The van der Waals surface area contributed by atoms with Gasteiger partial charge in [-0.15, -0.1) is 0 Å². The standard InChI is InChI=1S/C28H42N8O10/c1-14(2)24(27(44)32-12-22(40)35-19(28(45)46)9-17-5-7-18(37)8-6-17)36-23(41)13-31-26(43)16(4)34-21(39)11-30-25(42)15(3)33-20(38)10-29/h5-8,14-16,19,24,37H,9-13,29H2,1-4H3,(H,30,42)(H,31,43)(H,32,44)(H,33,38)(H,34,39)(H,35,40)(H,36,41)(H,45,46)/t15-,16-,19-,24-/m0/s1. The van der Waals surface area contributed by atoms with Crippen LogP contribution in [0.25, 0.3) is 0 Å². The smallest absolute Gasteiger partial charge is 0.326 e. The first-order valence-electron chi connectivity index (χ1n) is 14.2. The average molecular weight is 651 g/mol. The fourth-order valence-electron chi connectivity index (χ4n) is 3.71. The molecule has 46 heavy (non-hydrogen) atoms. The van der Waals surface area contributed by atoms with E-state index in [4.69, 9.17) is 5.73 Å². The Kier molecular flexibility index (Phi) is 16.2. The zero-order valence-corrected chi connectivity index (χ0v) is 26.0. The maximum atomic E-state index is 12.7. The molecule has 1 rings (SSSR count). The maximum absolute atomic E-state index is 12.7. The number of carbonyl (C=O) groups is 8. The number of nitrogens with one attached hydrogen (secondary N) is 7. The molecule has 0 spiro atoms. The van der Waals surface area contributed by atoms with Crippen LogP contribution in [-0.4, -0.2) is 108 Å². The molecule has 0 bridgehead atoms. The summed E-state index contributed by atoms with van der Waals surface area (Å²) in [4.78, 5) is 96.8. The van der Waals surface area contributed by atoms with Gasteiger partial charge in [-0.25, -0.2) is 4.79 Å². The van der Waals surface area contributed by atoms with Gasteiger partial charge in [0.15, 0.2) is 0 Å². The molecule has 254 valence electrons. The lowest BCUT2D eigenvalue weighted by molar-refractivity contribution is -0.141. The molecular weight excluding hydrogens is 608 g/mol. The minimum Gasteiger partial charge on any atom is -0.508 e. The molecule has 18 nitrogen and oxygen atoms in total. The summed E-state index contributed by atoms with van der Waals surface area (Å²) in [7, 11) is 0. The number of rotatable bonds is 18. The van der Waals surface area contributed by atoms with Gasteiger partial charge in [0, 0.05) is 6.42 Å². The van der Waals surface area contributed by atoms with Gasteiger partial charge in [-0.05, 0) is 37.5 Å². The van der Waals surface area contributed by atoms with Crippen molar-refractivity contribution >= 4 is 47.3 Å². The van der Waals surface area contributed by atoms with E-state index < -0.39 is 97.0 Å². The number of hydrogen-bond acceptors (Lipinski definition) is 10. The lowest BCUT2D eigenvalue weighted by Gasteiger charge is -2.22. The van der Waals surface area contributed by atoms with E-state index >= 15 is 0 Å². The van der Waals surface area contributed by atoms with Gasteiger partial charge in [0.1, 0.15) is 29.9 Å². The predicted octanol–water partition coefficient (Wildman–Crippen LogP) is -4.04. The number of carboxylic acids is 1. The number of phenolic OH excluding ortho intramolecular Hbond substituents is 1. The minimum atomic E-state index is -1.30. The highest BCUT2D eigenvalue weighted by Crippen LogP contribution is 2.11. The summed E-state index contributed by atoms with van der Waals surface area (Å²) in [6.45, 7) is 4.06. The third-order valence-electron chi connectivity index (χ3n) is 6.27. The number of carbonyl (C=O) groups excluding carboxylic acids is 7. The van der Waals surface area contributed by atoms with Crippen molar-refractivity contribution in [2.75, 3.05) is 26.2 Å². The number of aliphatic carboxylic acids is 1. The van der Waals surface area contributed by atoms with Crippen molar-refractivity contribution in [1.29, 1.82) is 0 Å². The van der Waals surface area contributed by atoms with Gasteiger partial charge in [-0.3, -0.25) is 33.6 Å². The molecule has 0 saturated carbocycles. The van der Waals surface area contributed by atoms with E-state index in [1.807, 2.05) is 0 Å². The van der Waals surface area contributed by atoms with Gasteiger partial charge >= 0.3 is 5.97 Å². The van der Waals surface area contributed by atoms with Crippen LogP contribution < -0.4 is 43.0 Å². The number of amides is 7. The maximum Gasteiger partial charge on any atom is 0.326 e. The molecule has 7 amide bonds. The first-order chi connectivity index (χ1) is 21.5.